The van der Waals surface area contributed by atoms with E-state index in [4.69, 9.17) is 0 Å². The van der Waals surface area contributed by atoms with Gasteiger partial charge in [0.15, 0.2) is 0 Å². The van der Waals surface area contributed by atoms with Crippen molar-refractivity contribution in [3.8, 4) is 11.3 Å². The molecule has 2 N–H and O–H groups in total. The van der Waals surface area contributed by atoms with Crippen LogP contribution in [0.2, 0.25) is 0 Å². The van der Waals surface area contributed by atoms with Crippen LogP contribution < -0.4 is 5.32 Å². The minimum atomic E-state index is -0.0431. The van der Waals surface area contributed by atoms with Crippen LogP contribution in [0.25, 0.3) is 11.3 Å². The molecule has 4 rings (SSSR count). The highest BCUT2D eigenvalue weighted by molar-refractivity contribution is 5.89. The fraction of sp³-hybridized carbons (Fsp3) is 0.333. The Kier molecular flexibility index (Phi) is 4.63. The highest BCUT2D eigenvalue weighted by Crippen LogP contribution is 2.21. The molecule has 134 valence electrons. The van der Waals surface area contributed by atoms with Crippen LogP contribution in [0.5, 0.6) is 0 Å². The first-order valence-corrected chi connectivity index (χ1v) is 8.76. The van der Waals surface area contributed by atoms with Crippen molar-refractivity contribution in [2.75, 3.05) is 18.4 Å². The Morgan fingerprint density at radius 1 is 1.19 bits per heavy atom. The Labute approximate surface area is 151 Å². The molecule has 1 aromatic carbocycles. The molecule has 1 aliphatic heterocycles. The Bertz CT molecular complexity index is 819. The average Bonchev–Trinajstić information content (AvgIpc) is 3.37. The number of H-pyrrole nitrogens is 1. The molecular formula is C18H21N7O. The minimum Gasteiger partial charge on any atom is -0.325 e. The van der Waals surface area contributed by atoms with Gasteiger partial charge in [0.2, 0.25) is 0 Å². The van der Waals surface area contributed by atoms with Crippen LogP contribution in [0.15, 0.2) is 49.2 Å². The third-order valence-corrected chi connectivity index (χ3v) is 4.76. The third kappa shape index (κ3) is 3.74. The van der Waals surface area contributed by atoms with Gasteiger partial charge in [-0.15, -0.1) is 0 Å². The van der Waals surface area contributed by atoms with Gasteiger partial charge < -0.3 is 10.2 Å². The standard InChI is InChI=1S/C18H21N7O/c26-18(22-16-3-1-15(2-4-16)17-5-8-20-23-17)24-9-6-14(7-10-24)11-25-13-19-12-21-25/h1-5,8,12-14H,6-7,9-11H2,(H,20,23)(H,22,26). The summed E-state index contributed by atoms with van der Waals surface area (Å²) in [6.07, 6.45) is 6.97. The summed E-state index contributed by atoms with van der Waals surface area (Å²) < 4.78 is 1.86. The highest BCUT2D eigenvalue weighted by atomic mass is 16.2. The van der Waals surface area contributed by atoms with Crippen LogP contribution in [-0.4, -0.2) is 49.0 Å². The zero-order valence-electron chi connectivity index (χ0n) is 14.4. The molecule has 0 unspecified atom stereocenters. The van der Waals surface area contributed by atoms with E-state index < -0.39 is 0 Å². The minimum absolute atomic E-state index is 0.0431. The lowest BCUT2D eigenvalue weighted by molar-refractivity contribution is 0.175. The first-order valence-electron chi connectivity index (χ1n) is 8.76. The van der Waals surface area contributed by atoms with Crippen LogP contribution in [0, 0.1) is 5.92 Å². The summed E-state index contributed by atoms with van der Waals surface area (Å²) in [7, 11) is 0. The third-order valence-electron chi connectivity index (χ3n) is 4.76. The molecular weight excluding hydrogens is 330 g/mol. The SMILES string of the molecule is O=C(Nc1ccc(-c2ccn[nH]2)cc1)N1CCC(Cn2cncn2)CC1. The van der Waals surface area contributed by atoms with Crippen LogP contribution in [-0.2, 0) is 6.54 Å². The number of likely N-dealkylation sites (tertiary alicyclic amines) is 1. The van der Waals surface area contributed by atoms with Crippen LogP contribution in [0.4, 0.5) is 10.5 Å². The molecule has 8 nitrogen and oxygen atoms in total. The van der Waals surface area contributed by atoms with E-state index in [2.05, 4.69) is 25.6 Å². The molecule has 0 saturated carbocycles. The molecule has 1 aliphatic rings. The fourth-order valence-corrected chi connectivity index (χ4v) is 3.26. The molecule has 8 heteroatoms. The average molecular weight is 351 g/mol. The van der Waals surface area contributed by atoms with E-state index in [0.717, 1.165) is 49.4 Å². The molecule has 0 bridgehead atoms. The number of piperidine rings is 1. The van der Waals surface area contributed by atoms with Crippen molar-refractivity contribution in [1.82, 2.24) is 29.9 Å². The normalized spacial score (nSPS) is 15.2. The summed E-state index contributed by atoms with van der Waals surface area (Å²) in [5.74, 6) is 0.537. The van der Waals surface area contributed by atoms with E-state index in [0.29, 0.717) is 5.92 Å². The zero-order valence-corrected chi connectivity index (χ0v) is 14.4. The second-order valence-electron chi connectivity index (χ2n) is 6.53. The molecule has 1 fully saturated rings. The van der Waals surface area contributed by atoms with Crippen LogP contribution in [0.3, 0.4) is 0 Å². The van der Waals surface area contributed by atoms with Gasteiger partial charge in [0.25, 0.3) is 0 Å². The van der Waals surface area contributed by atoms with Crippen molar-refractivity contribution in [3.05, 3.63) is 49.2 Å². The maximum absolute atomic E-state index is 12.5. The Morgan fingerprint density at radius 2 is 2.00 bits per heavy atom. The van der Waals surface area contributed by atoms with Crippen molar-refractivity contribution in [3.63, 3.8) is 0 Å². The lowest BCUT2D eigenvalue weighted by Gasteiger charge is -2.31. The first kappa shape index (κ1) is 16.3. The fourth-order valence-electron chi connectivity index (χ4n) is 3.26. The summed E-state index contributed by atoms with van der Waals surface area (Å²) in [5, 5.41) is 14.0. The Morgan fingerprint density at radius 3 is 2.65 bits per heavy atom. The summed E-state index contributed by atoms with van der Waals surface area (Å²) in [4.78, 5) is 18.3. The van der Waals surface area contributed by atoms with Gasteiger partial charge in [-0.1, -0.05) is 12.1 Å². The lowest BCUT2D eigenvalue weighted by Crippen LogP contribution is -2.41. The maximum atomic E-state index is 12.5. The largest absolute Gasteiger partial charge is 0.325 e. The number of amides is 2. The smallest absolute Gasteiger partial charge is 0.321 e. The number of rotatable bonds is 4. The molecule has 3 aromatic rings. The van der Waals surface area contributed by atoms with Gasteiger partial charge >= 0.3 is 6.03 Å². The second-order valence-corrected chi connectivity index (χ2v) is 6.53. The molecule has 1 saturated heterocycles. The maximum Gasteiger partial charge on any atom is 0.321 e. The summed E-state index contributed by atoms with van der Waals surface area (Å²) >= 11 is 0. The second kappa shape index (κ2) is 7.38. The van der Waals surface area contributed by atoms with Crippen molar-refractivity contribution in [1.29, 1.82) is 0 Å². The number of anilines is 1. The van der Waals surface area contributed by atoms with Gasteiger partial charge in [0.1, 0.15) is 12.7 Å². The van der Waals surface area contributed by atoms with E-state index in [9.17, 15) is 4.79 Å². The van der Waals surface area contributed by atoms with Crippen LogP contribution >= 0.6 is 0 Å². The van der Waals surface area contributed by atoms with Crippen molar-refractivity contribution in [2.45, 2.75) is 19.4 Å². The van der Waals surface area contributed by atoms with Gasteiger partial charge in [-0.05, 0) is 42.5 Å². The van der Waals surface area contributed by atoms with Gasteiger partial charge in [0, 0.05) is 31.5 Å². The zero-order chi connectivity index (χ0) is 17.8. The van der Waals surface area contributed by atoms with Gasteiger partial charge in [-0.2, -0.15) is 10.2 Å². The molecule has 0 spiro atoms. The van der Waals surface area contributed by atoms with E-state index in [1.165, 1.54) is 0 Å². The number of hydrogen-bond acceptors (Lipinski definition) is 4. The van der Waals surface area contributed by atoms with Crippen LogP contribution in [0.1, 0.15) is 12.8 Å². The number of hydrogen-bond donors (Lipinski definition) is 2. The number of aromatic amines is 1. The Hall–Kier alpha value is -3.16. The number of benzene rings is 1. The van der Waals surface area contributed by atoms with E-state index in [1.807, 2.05) is 39.9 Å². The number of nitrogens with one attached hydrogen (secondary N) is 2. The van der Waals surface area contributed by atoms with Crippen molar-refractivity contribution in [2.24, 2.45) is 5.92 Å². The van der Waals surface area contributed by atoms with Crippen molar-refractivity contribution < 1.29 is 4.79 Å². The molecule has 0 radical (unpaired) electrons. The number of aromatic nitrogens is 5. The van der Waals surface area contributed by atoms with E-state index in [1.54, 1.807) is 18.9 Å². The molecule has 0 atom stereocenters. The molecule has 26 heavy (non-hydrogen) atoms. The monoisotopic (exact) mass is 351 g/mol. The lowest BCUT2D eigenvalue weighted by atomic mass is 9.97. The predicted octanol–water partition coefficient (Wildman–Crippen LogP) is 2.61. The van der Waals surface area contributed by atoms with E-state index >= 15 is 0 Å². The number of carbonyl (C=O) groups excluding carboxylic acids is 1. The molecule has 2 aromatic heterocycles. The predicted molar refractivity (Wildman–Crippen MR) is 97.4 cm³/mol. The topological polar surface area (TPSA) is 91.7 Å². The van der Waals surface area contributed by atoms with Gasteiger partial charge in [-0.25, -0.2) is 9.78 Å². The van der Waals surface area contributed by atoms with Gasteiger partial charge in [0.05, 0.1) is 5.69 Å². The van der Waals surface area contributed by atoms with E-state index in [-0.39, 0.29) is 6.03 Å². The molecule has 2 amide bonds. The summed E-state index contributed by atoms with van der Waals surface area (Å²) in [6, 6.07) is 9.62. The first-order chi connectivity index (χ1) is 12.8. The molecule has 3 heterocycles. The molecule has 0 aliphatic carbocycles. The van der Waals surface area contributed by atoms with Gasteiger partial charge in [-0.3, -0.25) is 9.78 Å². The van der Waals surface area contributed by atoms with Crippen molar-refractivity contribution >= 4 is 11.7 Å². The summed E-state index contributed by atoms with van der Waals surface area (Å²) in [6.45, 7) is 2.39. The Balaban J connectivity index is 1.28. The number of carbonyl (C=O) groups is 1. The summed E-state index contributed by atoms with van der Waals surface area (Å²) in [5.41, 5.74) is 2.79. The quantitative estimate of drug-likeness (QED) is 0.756. The number of nitrogens with zero attached hydrogens (tertiary/aromatic N) is 5. The highest BCUT2D eigenvalue weighted by Gasteiger charge is 2.23. The number of urea groups is 1.